The maximum absolute atomic E-state index is 6.15. The van der Waals surface area contributed by atoms with E-state index in [2.05, 4.69) is 25.2 Å². The highest BCUT2D eigenvalue weighted by Gasteiger charge is 2.31. The summed E-state index contributed by atoms with van der Waals surface area (Å²) in [5.74, 6) is 1.36. The zero-order chi connectivity index (χ0) is 19.0. The zero-order valence-electron chi connectivity index (χ0n) is 15.9. The summed E-state index contributed by atoms with van der Waals surface area (Å²) in [5.41, 5.74) is 9.92. The van der Waals surface area contributed by atoms with Crippen LogP contribution in [0.4, 0.5) is 11.8 Å². The van der Waals surface area contributed by atoms with E-state index in [-0.39, 0.29) is 12.1 Å². The van der Waals surface area contributed by atoms with Crippen molar-refractivity contribution in [2.45, 2.75) is 52.1 Å². The van der Waals surface area contributed by atoms with Crippen LogP contribution in [-0.4, -0.2) is 42.0 Å². The first-order valence-electron chi connectivity index (χ1n) is 9.22. The zero-order valence-corrected chi connectivity index (χ0v) is 15.9. The van der Waals surface area contributed by atoms with E-state index in [4.69, 9.17) is 10.7 Å². The van der Waals surface area contributed by atoms with Gasteiger partial charge in [-0.1, -0.05) is 0 Å². The van der Waals surface area contributed by atoms with Gasteiger partial charge in [-0.25, -0.2) is 14.6 Å². The van der Waals surface area contributed by atoms with Crippen LogP contribution in [0.5, 0.6) is 0 Å². The summed E-state index contributed by atoms with van der Waals surface area (Å²) in [6.07, 6.45) is 6.43. The van der Waals surface area contributed by atoms with Crippen molar-refractivity contribution in [1.82, 2.24) is 29.9 Å². The van der Waals surface area contributed by atoms with Crippen molar-refractivity contribution in [2.24, 2.45) is 5.73 Å². The second kappa shape index (κ2) is 7.03. The Kier molecular flexibility index (Phi) is 4.57. The van der Waals surface area contributed by atoms with Gasteiger partial charge in [-0.15, -0.1) is 5.10 Å². The highest BCUT2D eigenvalue weighted by molar-refractivity contribution is 5.55. The number of hydrogen-bond donors (Lipinski definition) is 1. The number of anilines is 2. The minimum Gasteiger partial charge on any atom is -0.328 e. The number of hydrogen-bond acceptors (Lipinski definition) is 7. The molecule has 8 heteroatoms. The Labute approximate surface area is 158 Å². The molecule has 0 bridgehead atoms. The predicted octanol–water partition coefficient (Wildman–Crippen LogP) is 2.40. The van der Waals surface area contributed by atoms with E-state index in [1.54, 1.807) is 6.20 Å². The van der Waals surface area contributed by atoms with Gasteiger partial charge in [0, 0.05) is 17.8 Å². The van der Waals surface area contributed by atoms with Crippen LogP contribution in [0.25, 0.3) is 5.69 Å². The van der Waals surface area contributed by atoms with Gasteiger partial charge >= 0.3 is 0 Å². The first-order valence-corrected chi connectivity index (χ1v) is 9.22. The first-order chi connectivity index (χ1) is 13.0. The summed E-state index contributed by atoms with van der Waals surface area (Å²) in [5, 5.41) is 13.0. The second-order valence-electron chi connectivity index (χ2n) is 7.21. The summed E-state index contributed by atoms with van der Waals surface area (Å²) >= 11 is 0. The Morgan fingerprint density at radius 1 is 1.04 bits per heavy atom. The van der Waals surface area contributed by atoms with E-state index in [0.29, 0.717) is 5.95 Å². The lowest BCUT2D eigenvalue weighted by Crippen LogP contribution is -2.32. The van der Waals surface area contributed by atoms with Crippen LogP contribution in [0, 0.1) is 20.8 Å². The molecule has 0 aromatic carbocycles. The molecule has 2 atom stereocenters. The fourth-order valence-corrected chi connectivity index (χ4v) is 3.65. The molecule has 3 aromatic rings. The van der Waals surface area contributed by atoms with Gasteiger partial charge in [-0.3, -0.25) is 4.90 Å². The number of pyridine rings is 1. The van der Waals surface area contributed by atoms with Crippen LogP contribution in [0.1, 0.15) is 36.3 Å². The van der Waals surface area contributed by atoms with Crippen LogP contribution in [0.3, 0.4) is 0 Å². The second-order valence-corrected chi connectivity index (χ2v) is 7.21. The molecule has 1 aliphatic rings. The molecular formula is C19H24N8. The van der Waals surface area contributed by atoms with E-state index in [1.807, 2.05) is 49.8 Å². The standard InChI is InChI=1S/C19H24N8/c1-12-8-14(3)27(25-12)17-6-7-18(21-11-17)26(16-5-4-15(20)9-16)19-22-10-13(2)23-24-19/h6-8,10-11,15-16H,4-5,9,20H2,1-3H3. The number of rotatable bonds is 4. The molecule has 3 heterocycles. The largest absolute Gasteiger partial charge is 0.328 e. The molecule has 8 nitrogen and oxygen atoms in total. The van der Waals surface area contributed by atoms with Gasteiger partial charge in [-0.2, -0.15) is 10.2 Å². The third-order valence-electron chi connectivity index (χ3n) is 4.92. The number of nitrogens with zero attached hydrogens (tertiary/aromatic N) is 7. The smallest absolute Gasteiger partial charge is 0.251 e. The van der Waals surface area contributed by atoms with Crippen LogP contribution < -0.4 is 10.6 Å². The molecule has 140 valence electrons. The topological polar surface area (TPSA) is 98.6 Å². The molecule has 0 saturated heterocycles. The minimum absolute atomic E-state index is 0.199. The molecule has 0 radical (unpaired) electrons. The predicted molar refractivity (Wildman–Crippen MR) is 103 cm³/mol. The quantitative estimate of drug-likeness (QED) is 0.759. The average molecular weight is 364 g/mol. The van der Waals surface area contributed by atoms with Gasteiger partial charge < -0.3 is 5.73 Å². The molecule has 27 heavy (non-hydrogen) atoms. The number of aryl methyl sites for hydroxylation is 3. The van der Waals surface area contributed by atoms with Crippen molar-refractivity contribution < 1.29 is 0 Å². The summed E-state index contributed by atoms with van der Waals surface area (Å²) in [4.78, 5) is 11.2. The summed E-state index contributed by atoms with van der Waals surface area (Å²) < 4.78 is 1.89. The lowest BCUT2D eigenvalue weighted by molar-refractivity contribution is 0.630. The lowest BCUT2D eigenvalue weighted by atomic mass is 10.2. The Morgan fingerprint density at radius 2 is 1.89 bits per heavy atom. The molecule has 0 spiro atoms. The minimum atomic E-state index is 0.199. The van der Waals surface area contributed by atoms with Gasteiger partial charge in [0.1, 0.15) is 5.82 Å². The maximum Gasteiger partial charge on any atom is 0.251 e. The third-order valence-corrected chi connectivity index (χ3v) is 4.92. The summed E-state index contributed by atoms with van der Waals surface area (Å²) in [6.45, 7) is 5.89. The molecule has 2 unspecified atom stereocenters. The fraction of sp³-hybridized carbons (Fsp3) is 0.421. The molecule has 3 aromatic heterocycles. The van der Waals surface area contributed by atoms with Crippen LogP contribution in [-0.2, 0) is 0 Å². The summed E-state index contributed by atoms with van der Waals surface area (Å²) in [7, 11) is 0. The van der Waals surface area contributed by atoms with Crippen molar-refractivity contribution in [3.05, 3.63) is 47.7 Å². The Hall–Kier alpha value is -2.87. The van der Waals surface area contributed by atoms with Gasteiger partial charge in [-0.05, 0) is 58.2 Å². The molecular weight excluding hydrogens is 340 g/mol. The molecule has 2 N–H and O–H groups in total. The normalized spacial score (nSPS) is 19.4. The van der Waals surface area contributed by atoms with Gasteiger partial charge in [0.05, 0.1) is 29.5 Å². The highest BCUT2D eigenvalue weighted by atomic mass is 15.4. The van der Waals surface area contributed by atoms with E-state index >= 15 is 0 Å². The number of aromatic nitrogens is 6. The van der Waals surface area contributed by atoms with E-state index in [9.17, 15) is 0 Å². The van der Waals surface area contributed by atoms with Crippen molar-refractivity contribution in [1.29, 1.82) is 0 Å². The number of nitrogens with two attached hydrogens (primary N) is 1. The molecule has 1 saturated carbocycles. The van der Waals surface area contributed by atoms with Gasteiger partial charge in [0.2, 0.25) is 0 Å². The molecule has 1 fully saturated rings. The summed E-state index contributed by atoms with van der Waals surface area (Å²) in [6, 6.07) is 6.47. The third kappa shape index (κ3) is 3.52. The van der Waals surface area contributed by atoms with Crippen molar-refractivity contribution >= 4 is 11.8 Å². The van der Waals surface area contributed by atoms with Gasteiger partial charge in [0.15, 0.2) is 0 Å². The van der Waals surface area contributed by atoms with E-state index in [1.165, 1.54) is 0 Å². The molecule has 1 aliphatic carbocycles. The van der Waals surface area contributed by atoms with E-state index in [0.717, 1.165) is 47.8 Å². The van der Waals surface area contributed by atoms with Crippen molar-refractivity contribution in [3.63, 3.8) is 0 Å². The SMILES string of the molecule is Cc1cnc(N(c2ccc(-n3nc(C)cc3C)cn2)C2CCC(N)C2)nn1. The first kappa shape index (κ1) is 17.5. The molecule has 0 amide bonds. The van der Waals surface area contributed by atoms with Crippen molar-refractivity contribution in [2.75, 3.05) is 4.90 Å². The Morgan fingerprint density at radius 3 is 2.44 bits per heavy atom. The lowest BCUT2D eigenvalue weighted by Gasteiger charge is -2.27. The molecule has 4 rings (SSSR count). The Balaban J connectivity index is 1.69. The molecule has 0 aliphatic heterocycles. The van der Waals surface area contributed by atoms with Crippen LogP contribution in [0.15, 0.2) is 30.6 Å². The van der Waals surface area contributed by atoms with Crippen LogP contribution >= 0.6 is 0 Å². The van der Waals surface area contributed by atoms with Crippen LogP contribution in [0.2, 0.25) is 0 Å². The van der Waals surface area contributed by atoms with Gasteiger partial charge in [0.25, 0.3) is 5.95 Å². The fourth-order valence-electron chi connectivity index (χ4n) is 3.65. The highest BCUT2D eigenvalue weighted by Crippen LogP contribution is 2.31. The monoisotopic (exact) mass is 364 g/mol. The van der Waals surface area contributed by atoms with Crippen molar-refractivity contribution in [3.8, 4) is 5.69 Å². The Bertz CT molecular complexity index is 916. The average Bonchev–Trinajstić information content (AvgIpc) is 3.22. The maximum atomic E-state index is 6.15. The van der Waals surface area contributed by atoms with E-state index < -0.39 is 0 Å².